The van der Waals surface area contributed by atoms with Gasteiger partial charge in [-0.25, -0.2) is 0 Å². The van der Waals surface area contributed by atoms with Gasteiger partial charge in [0.05, 0.1) is 0 Å². The third kappa shape index (κ3) is 12.2. The van der Waals surface area contributed by atoms with Crippen LogP contribution in [0.5, 0.6) is 0 Å². The van der Waals surface area contributed by atoms with Gasteiger partial charge in [0.15, 0.2) is 0 Å². The Hall–Kier alpha value is -0.0506. The molecule has 0 radical (unpaired) electrons. The van der Waals surface area contributed by atoms with Crippen LogP contribution in [0.25, 0.3) is 0 Å². The van der Waals surface area contributed by atoms with Crippen molar-refractivity contribution in [2.45, 2.75) is 34.6 Å². The van der Waals surface area contributed by atoms with Crippen molar-refractivity contribution in [2.75, 3.05) is 7.11 Å². The molecule has 0 saturated heterocycles. The van der Waals surface area contributed by atoms with Crippen molar-refractivity contribution in [1.82, 2.24) is 0 Å². The fourth-order valence-corrected chi connectivity index (χ4v) is 2.24. The van der Waals surface area contributed by atoms with E-state index in [2.05, 4.69) is 48.2 Å². The molecule has 1 fully saturated rings. The SMILES string of the molecule is CC1C(C)C1C(C)(C)C.CO.[CH-]=O.[CH-]=O.[CH3-].[Ir+3]. The van der Waals surface area contributed by atoms with Gasteiger partial charge >= 0.3 is 20.1 Å². The van der Waals surface area contributed by atoms with Crippen molar-refractivity contribution in [3.63, 3.8) is 0 Å². The van der Waals surface area contributed by atoms with E-state index >= 15 is 0 Å². The van der Waals surface area contributed by atoms with Crippen molar-refractivity contribution in [3.05, 3.63) is 7.43 Å². The zero-order valence-corrected chi connectivity index (χ0v) is 14.4. The van der Waals surface area contributed by atoms with E-state index in [9.17, 15) is 0 Å². The summed E-state index contributed by atoms with van der Waals surface area (Å²) in [5.74, 6) is 2.94. The molecule has 1 saturated carbocycles. The van der Waals surface area contributed by atoms with Crippen molar-refractivity contribution in [2.24, 2.45) is 23.2 Å². The van der Waals surface area contributed by atoms with E-state index < -0.39 is 0 Å². The Bertz CT molecular complexity index is 136. The van der Waals surface area contributed by atoms with E-state index in [0.717, 1.165) is 24.9 Å². The molecule has 4 heteroatoms. The normalized spacial score (nSPS) is 23.6. The minimum Gasteiger partial charge on any atom is -0.545 e. The standard InChI is InChI=1S/C9H18.CH4O.2CHO.CH3.Ir/c1-6-7(2)8(6)9(3,4)5;3*1-2;;/h6-8H,1-5H3;2H,1H3;2*1H;1H3;/q;;3*-1;+3. The molecule has 2 atom stereocenters. The average Bonchev–Trinajstić information content (AvgIpc) is 2.84. The van der Waals surface area contributed by atoms with Crippen LogP contribution in [-0.4, -0.2) is 25.8 Å². The molecular weight excluding hydrogens is 396 g/mol. The maximum atomic E-state index is 7.75. The maximum absolute atomic E-state index is 7.75. The van der Waals surface area contributed by atoms with Gasteiger partial charge in [-0.05, 0) is 23.2 Å². The second-order valence-corrected chi connectivity index (χ2v) is 4.61. The zero-order chi connectivity index (χ0) is 13.2. The summed E-state index contributed by atoms with van der Waals surface area (Å²) in [6.07, 6.45) is 0. The molecule has 17 heavy (non-hydrogen) atoms. The summed E-state index contributed by atoms with van der Waals surface area (Å²) >= 11 is 0. The van der Waals surface area contributed by atoms with E-state index in [-0.39, 0.29) is 27.5 Å². The third-order valence-corrected chi connectivity index (χ3v) is 2.82. The first kappa shape index (κ1) is 30.2. The summed E-state index contributed by atoms with van der Waals surface area (Å²) in [6, 6.07) is 0. The Morgan fingerprint density at radius 2 is 1.06 bits per heavy atom. The molecule has 1 aliphatic carbocycles. The first-order valence-electron chi connectivity index (χ1n) is 4.86. The molecule has 2 unspecified atom stereocenters. The van der Waals surface area contributed by atoms with E-state index in [4.69, 9.17) is 14.7 Å². The molecule has 1 aliphatic rings. The van der Waals surface area contributed by atoms with Gasteiger partial charge in [-0.2, -0.15) is 0 Å². The van der Waals surface area contributed by atoms with Gasteiger partial charge < -0.3 is 22.1 Å². The summed E-state index contributed by atoms with van der Waals surface area (Å²) in [4.78, 5) is 15.5. The van der Waals surface area contributed by atoms with E-state index in [1.165, 1.54) is 0 Å². The van der Waals surface area contributed by atoms with Crippen molar-refractivity contribution in [1.29, 1.82) is 0 Å². The molecular formula is C13H27IrO3. The van der Waals surface area contributed by atoms with Crippen LogP contribution >= 0.6 is 0 Å². The Kier molecular flexibility index (Phi) is 28.3. The van der Waals surface area contributed by atoms with Gasteiger partial charge in [0.2, 0.25) is 0 Å². The van der Waals surface area contributed by atoms with Crippen molar-refractivity contribution >= 4 is 13.6 Å². The molecule has 3 nitrogen and oxygen atoms in total. The van der Waals surface area contributed by atoms with Gasteiger partial charge in [0.1, 0.15) is 0 Å². The molecule has 0 aliphatic heterocycles. The van der Waals surface area contributed by atoms with Gasteiger partial charge in [0.25, 0.3) is 0 Å². The molecule has 0 bridgehead atoms. The zero-order valence-electron chi connectivity index (χ0n) is 12.0. The van der Waals surface area contributed by atoms with Gasteiger partial charge in [-0.1, -0.05) is 34.6 Å². The van der Waals surface area contributed by atoms with Crippen LogP contribution in [0.2, 0.25) is 0 Å². The summed E-state index contributed by atoms with van der Waals surface area (Å²) < 4.78 is 0. The number of aliphatic hydroxyl groups is 1. The number of carbonyl (C=O) groups excluding carboxylic acids is 2. The van der Waals surface area contributed by atoms with E-state index in [1.54, 1.807) is 0 Å². The van der Waals surface area contributed by atoms with Crippen LogP contribution in [0.3, 0.4) is 0 Å². The van der Waals surface area contributed by atoms with E-state index in [0.29, 0.717) is 5.41 Å². The van der Waals surface area contributed by atoms with Crippen LogP contribution < -0.4 is 0 Å². The Morgan fingerprint density at radius 1 is 0.882 bits per heavy atom. The van der Waals surface area contributed by atoms with Crippen molar-refractivity contribution in [3.8, 4) is 0 Å². The van der Waals surface area contributed by atoms with Gasteiger partial charge in [-0.3, -0.25) is 13.6 Å². The largest absolute Gasteiger partial charge is 3.00 e. The van der Waals surface area contributed by atoms with Gasteiger partial charge in [-0.15, -0.1) is 0 Å². The quantitative estimate of drug-likeness (QED) is 0.481. The van der Waals surface area contributed by atoms with Crippen LogP contribution in [0.15, 0.2) is 0 Å². The molecule has 0 amide bonds. The summed E-state index contributed by atoms with van der Waals surface area (Å²) in [5, 5.41) is 7.00. The summed E-state index contributed by atoms with van der Waals surface area (Å²) in [5.41, 5.74) is 0.554. The molecule has 1 N–H and O–H groups in total. The second kappa shape index (κ2) is 15.9. The fraction of sp³-hybridized carbons (Fsp3) is 0.769. The predicted octanol–water partition coefficient (Wildman–Crippen LogP) is 2.44. The molecule has 0 aromatic rings. The third-order valence-electron chi connectivity index (χ3n) is 2.82. The minimum atomic E-state index is 0. The van der Waals surface area contributed by atoms with Crippen molar-refractivity contribution < 1.29 is 34.8 Å². The Labute approximate surface area is 121 Å². The molecule has 0 aromatic heterocycles. The monoisotopic (exact) mass is 424 g/mol. The van der Waals surface area contributed by atoms with Crippen LogP contribution in [-0.2, 0) is 29.7 Å². The minimum absolute atomic E-state index is 0. The van der Waals surface area contributed by atoms with Crippen LogP contribution in [0.1, 0.15) is 34.6 Å². The number of hydrogen-bond donors (Lipinski definition) is 1. The van der Waals surface area contributed by atoms with Crippen LogP contribution in [0.4, 0.5) is 0 Å². The number of aliphatic hydroxyl groups excluding tert-OH is 1. The summed E-state index contributed by atoms with van der Waals surface area (Å²) in [6.45, 7) is 18.3. The number of hydrogen-bond acceptors (Lipinski definition) is 3. The predicted molar refractivity (Wildman–Crippen MR) is 69.3 cm³/mol. The topological polar surface area (TPSA) is 54.4 Å². The summed E-state index contributed by atoms with van der Waals surface area (Å²) in [7, 11) is 1.00. The smallest absolute Gasteiger partial charge is 0.545 e. The molecule has 106 valence electrons. The van der Waals surface area contributed by atoms with Crippen LogP contribution in [0, 0.1) is 30.6 Å². The van der Waals surface area contributed by atoms with Gasteiger partial charge in [0, 0.05) is 7.11 Å². The average molecular weight is 424 g/mol. The molecule has 0 heterocycles. The maximum Gasteiger partial charge on any atom is 3.00 e. The Morgan fingerprint density at radius 3 is 1.06 bits per heavy atom. The molecule has 0 aromatic carbocycles. The molecule has 0 spiro atoms. The first-order chi connectivity index (χ1) is 6.94. The first-order valence-corrected chi connectivity index (χ1v) is 4.86. The number of rotatable bonds is 0. The molecule has 1 rings (SSSR count). The van der Waals surface area contributed by atoms with E-state index in [1.807, 2.05) is 0 Å². The fourth-order valence-electron chi connectivity index (χ4n) is 2.24. The second-order valence-electron chi connectivity index (χ2n) is 4.61. The Balaban J connectivity index is -0.0000000530.